The first-order valence-corrected chi connectivity index (χ1v) is 11.6. The van der Waals surface area contributed by atoms with Crippen LogP contribution in [0.15, 0.2) is 41.0 Å². The Morgan fingerprint density at radius 1 is 1.16 bits per heavy atom. The summed E-state index contributed by atoms with van der Waals surface area (Å²) in [4.78, 5) is 27.3. The van der Waals surface area contributed by atoms with Crippen molar-refractivity contribution >= 4 is 11.8 Å². The third-order valence-corrected chi connectivity index (χ3v) is 5.56. The fraction of sp³-hybridized carbons (Fsp3) is 0.520. The fourth-order valence-corrected chi connectivity index (χ4v) is 3.80. The highest BCUT2D eigenvalue weighted by Gasteiger charge is 2.30. The van der Waals surface area contributed by atoms with Crippen LogP contribution in [-0.2, 0) is 4.79 Å². The molecule has 2 heterocycles. The molecule has 3 rings (SSSR count). The lowest BCUT2D eigenvalue weighted by atomic mass is 9.96. The minimum Gasteiger partial charge on any atom is -0.490 e. The molecule has 1 N–H and O–H groups in total. The van der Waals surface area contributed by atoms with Gasteiger partial charge in [0.25, 0.3) is 5.91 Å². The van der Waals surface area contributed by atoms with E-state index in [2.05, 4.69) is 19.2 Å². The van der Waals surface area contributed by atoms with Gasteiger partial charge in [-0.3, -0.25) is 9.59 Å². The first kappa shape index (κ1) is 23.7. The Morgan fingerprint density at radius 3 is 2.59 bits per heavy atom. The molecule has 1 aliphatic rings. The van der Waals surface area contributed by atoms with Gasteiger partial charge in [0.15, 0.2) is 17.3 Å². The van der Waals surface area contributed by atoms with Crippen LogP contribution in [0.5, 0.6) is 11.5 Å². The van der Waals surface area contributed by atoms with E-state index < -0.39 is 0 Å². The Morgan fingerprint density at radius 2 is 1.91 bits per heavy atom. The van der Waals surface area contributed by atoms with E-state index in [4.69, 9.17) is 13.9 Å². The topological polar surface area (TPSA) is 81.0 Å². The van der Waals surface area contributed by atoms with Crippen LogP contribution in [0, 0.1) is 5.92 Å². The van der Waals surface area contributed by atoms with E-state index in [-0.39, 0.29) is 23.8 Å². The number of ether oxygens (including phenoxy) is 2. The number of nitrogens with one attached hydrogen (secondary N) is 1. The number of furan rings is 1. The van der Waals surface area contributed by atoms with E-state index in [1.165, 1.54) is 6.26 Å². The molecule has 0 unspecified atom stereocenters. The maximum absolute atomic E-state index is 13.0. The van der Waals surface area contributed by atoms with Crippen molar-refractivity contribution in [1.82, 2.24) is 10.2 Å². The van der Waals surface area contributed by atoms with Crippen molar-refractivity contribution < 1.29 is 23.5 Å². The maximum Gasteiger partial charge on any atom is 0.289 e. The molecule has 1 aliphatic heterocycles. The summed E-state index contributed by atoms with van der Waals surface area (Å²) >= 11 is 0. The first-order chi connectivity index (χ1) is 15.5. The van der Waals surface area contributed by atoms with Gasteiger partial charge in [0.1, 0.15) is 0 Å². The van der Waals surface area contributed by atoms with Gasteiger partial charge in [-0.2, -0.15) is 0 Å². The quantitative estimate of drug-likeness (QED) is 0.582. The first-order valence-electron chi connectivity index (χ1n) is 11.6. The Bertz CT molecular complexity index is 880. The zero-order chi connectivity index (χ0) is 22.9. The van der Waals surface area contributed by atoms with Gasteiger partial charge in [0, 0.05) is 13.1 Å². The lowest BCUT2D eigenvalue weighted by Gasteiger charge is -2.32. The van der Waals surface area contributed by atoms with Gasteiger partial charge in [-0.05, 0) is 62.4 Å². The predicted octanol–water partition coefficient (Wildman–Crippen LogP) is 4.59. The molecule has 7 nitrogen and oxygen atoms in total. The molecule has 7 heteroatoms. The standard InChI is InChI=1S/C25H34N2O5/c1-4-13-30-21-11-10-19(16-23(21)31-14-5-2)18(3)26-24(28)20-8-6-12-27(17-20)25(29)22-9-7-15-32-22/h7,9-11,15-16,18,20H,4-6,8,12-14,17H2,1-3H3,(H,26,28)/t18-,20+/m1/s1. The lowest BCUT2D eigenvalue weighted by Crippen LogP contribution is -2.45. The number of carbonyl (C=O) groups excluding carboxylic acids is 2. The van der Waals surface area contributed by atoms with E-state index in [9.17, 15) is 9.59 Å². The summed E-state index contributed by atoms with van der Waals surface area (Å²) in [6.45, 7) is 8.34. The molecule has 32 heavy (non-hydrogen) atoms. The molecular weight excluding hydrogens is 408 g/mol. The van der Waals surface area contributed by atoms with Gasteiger partial charge in [0.05, 0.1) is 31.4 Å². The van der Waals surface area contributed by atoms with Crippen LogP contribution >= 0.6 is 0 Å². The number of hydrogen-bond donors (Lipinski definition) is 1. The molecule has 1 fully saturated rings. The number of amides is 2. The molecule has 0 bridgehead atoms. The highest BCUT2D eigenvalue weighted by Crippen LogP contribution is 2.31. The normalized spacial score (nSPS) is 17.0. The minimum atomic E-state index is -0.243. The highest BCUT2D eigenvalue weighted by molar-refractivity contribution is 5.92. The average Bonchev–Trinajstić information content (AvgIpc) is 3.36. The molecule has 2 atom stereocenters. The van der Waals surface area contributed by atoms with Gasteiger partial charge in [-0.25, -0.2) is 0 Å². The third kappa shape index (κ3) is 6.05. The minimum absolute atomic E-state index is 0.0446. The summed E-state index contributed by atoms with van der Waals surface area (Å²) in [5.74, 6) is 1.28. The van der Waals surface area contributed by atoms with Crippen molar-refractivity contribution in [2.75, 3.05) is 26.3 Å². The van der Waals surface area contributed by atoms with E-state index in [1.54, 1.807) is 17.0 Å². The third-order valence-electron chi connectivity index (χ3n) is 5.56. The molecule has 2 amide bonds. The molecule has 1 aromatic carbocycles. The summed E-state index contributed by atoms with van der Waals surface area (Å²) in [6, 6.07) is 8.97. The van der Waals surface area contributed by atoms with Gasteiger partial charge in [-0.15, -0.1) is 0 Å². The molecule has 1 saturated heterocycles. The van der Waals surface area contributed by atoms with Gasteiger partial charge in [0.2, 0.25) is 5.91 Å². The van der Waals surface area contributed by atoms with Crippen molar-refractivity contribution in [3.63, 3.8) is 0 Å². The molecule has 1 aromatic heterocycles. The molecule has 174 valence electrons. The summed E-state index contributed by atoms with van der Waals surface area (Å²) in [5.41, 5.74) is 0.952. The zero-order valence-corrected chi connectivity index (χ0v) is 19.3. The lowest BCUT2D eigenvalue weighted by molar-refractivity contribution is -0.127. The Balaban J connectivity index is 1.63. The molecular formula is C25H34N2O5. The van der Waals surface area contributed by atoms with Crippen LogP contribution in [0.2, 0.25) is 0 Å². The number of likely N-dealkylation sites (tertiary alicyclic amines) is 1. The van der Waals surface area contributed by atoms with Gasteiger partial charge in [-0.1, -0.05) is 19.9 Å². The second kappa shape index (κ2) is 11.6. The Kier molecular flexibility index (Phi) is 8.59. The number of rotatable bonds is 10. The number of piperidine rings is 1. The molecule has 0 saturated carbocycles. The molecule has 0 spiro atoms. The molecule has 0 aliphatic carbocycles. The molecule has 2 aromatic rings. The SMILES string of the molecule is CCCOc1ccc([C@@H](C)NC(=O)[C@H]2CCCN(C(=O)c3ccco3)C2)cc1OCCC. The largest absolute Gasteiger partial charge is 0.490 e. The smallest absolute Gasteiger partial charge is 0.289 e. The zero-order valence-electron chi connectivity index (χ0n) is 19.3. The van der Waals surface area contributed by atoms with Crippen LogP contribution in [0.25, 0.3) is 0 Å². The Hall–Kier alpha value is -2.96. The second-order valence-corrected chi connectivity index (χ2v) is 8.20. The van der Waals surface area contributed by atoms with Crippen molar-refractivity contribution in [3.05, 3.63) is 47.9 Å². The van der Waals surface area contributed by atoms with Crippen LogP contribution in [0.4, 0.5) is 0 Å². The van der Waals surface area contributed by atoms with E-state index >= 15 is 0 Å². The van der Waals surface area contributed by atoms with E-state index in [0.29, 0.717) is 37.8 Å². The number of hydrogen-bond acceptors (Lipinski definition) is 5. The fourth-order valence-electron chi connectivity index (χ4n) is 3.80. The maximum atomic E-state index is 13.0. The van der Waals surface area contributed by atoms with Crippen molar-refractivity contribution in [1.29, 1.82) is 0 Å². The number of benzene rings is 1. The van der Waals surface area contributed by atoms with Gasteiger partial charge < -0.3 is 24.1 Å². The second-order valence-electron chi connectivity index (χ2n) is 8.20. The van der Waals surface area contributed by atoms with E-state index in [0.717, 1.165) is 37.0 Å². The summed E-state index contributed by atoms with van der Waals surface area (Å²) in [7, 11) is 0. The Labute approximate surface area is 190 Å². The van der Waals surface area contributed by atoms with Crippen LogP contribution < -0.4 is 14.8 Å². The summed E-state index contributed by atoms with van der Waals surface area (Å²) < 4.78 is 16.9. The highest BCUT2D eigenvalue weighted by atomic mass is 16.5. The monoisotopic (exact) mass is 442 g/mol. The van der Waals surface area contributed by atoms with Crippen LogP contribution in [-0.4, -0.2) is 43.0 Å². The van der Waals surface area contributed by atoms with Crippen molar-refractivity contribution in [2.45, 2.75) is 52.5 Å². The average molecular weight is 443 g/mol. The summed E-state index contributed by atoms with van der Waals surface area (Å²) in [5, 5.41) is 3.11. The number of nitrogens with zero attached hydrogens (tertiary/aromatic N) is 1. The van der Waals surface area contributed by atoms with Crippen LogP contribution in [0.3, 0.4) is 0 Å². The summed E-state index contributed by atoms with van der Waals surface area (Å²) in [6.07, 6.45) is 4.85. The van der Waals surface area contributed by atoms with E-state index in [1.807, 2.05) is 25.1 Å². The number of carbonyl (C=O) groups is 2. The van der Waals surface area contributed by atoms with Crippen molar-refractivity contribution in [3.8, 4) is 11.5 Å². The van der Waals surface area contributed by atoms with Gasteiger partial charge >= 0.3 is 0 Å². The van der Waals surface area contributed by atoms with Crippen molar-refractivity contribution in [2.24, 2.45) is 5.92 Å². The van der Waals surface area contributed by atoms with Crippen LogP contribution in [0.1, 0.15) is 68.6 Å². The molecule has 0 radical (unpaired) electrons. The predicted molar refractivity (Wildman–Crippen MR) is 122 cm³/mol.